The second kappa shape index (κ2) is 4.53. The van der Waals surface area contributed by atoms with Gasteiger partial charge in [-0.1, -0.05) is 0 Å². The van der Waals surface area contributed by atoms with Crippen LogP contribution in [0, 0.1) is 6.92 Å². The fourth-order valence-corrected chi connectivity index (χ4v) is 2.69. The minimum atomic E-state index is -0.909. The highest BCUT2D eigenvalue weighted by atomic mass is 16.4. The molecule has 1 saturated heterocycles. The van der Waals surface area contributed by atoms with Gasteiger partial charge >= 0.3 is 5.97 Å². The summed E-state index contributed by atoms with van der Waals surface area (Å²) in [6.45, 7) is 4.09. The highest BCUT2D eigenvalue weighted by molar-refractivity contribution is 5.97. The Morgan fingerprint density at radius 1 is 1.26 bits per heavy atom. The van der Waals surface area contributed by atoms with Crippen molar-refractivity contribution in [2.24, 2.45) is 0 Å². The van der Waals surface area contributed by atoms with E-state index in [2.05, 4.69) is 16.0 Å². The Morgan fingerprint density at radius 3 is 2.68 bits per heavy atom. The Balaban J connectivity index is 2.19. The molecular weight excluding hydrogens is 240 g/mol. The Morgan fingerprint density at radius 2 is 2.00 bits per heavy atom. The van der Waals surface area contributed by atoms with Crippen molar-refractivity contribution in [3.63, 3.8) is 0 Å². The summed E-state index contributed by atoms with van der Waals surface area (Å²) >= 11 is 0. The number of carboxylic acid groups (broad SMARTS) is 1. The number of anilines is 1. The van der Waals surface area contributed by atoms with Crippen LogP contribution in [-0.2, 0) is 0 Å². The van der Waals surface area contributed by atoms with Crippen LogP contribution in [0.15, 0.2) is 24.3 Å². The lowest BCUT2D eigenvalue weighted by Gasteiger charge is -2.20. The summed E-state index contributed by atoms with van der Waals surface area (Å²) in [5.41, 5.74) is 3.16. The molecule has 0 saturated carbocycles. The number of hydrogen-bond acceptors (Lipinski definition) is 3. The van der Waals surface area contributed by atoms with Gasteiger partial charge in [0.1, 0.15) is 0 Å². The topological polar surface area (TPSA) is 53.4 Å². The van der Waals surface area contributed by atoms with Crippen LogP contribution in [0.2, 0.25) is 0 Å². The summed E-state index contributed by atoms with van der Waals surface area (Å²) < 4.78 is 0. The molecule has 19 heavy (non-hydrogen) atoms. The van der Waals surface area contributed by atoms with Crippen LogP contribution in [0.25, 0.3) is 10.9 Å². The zero-order valence-electron chi connectivity index (χ0n) is 10.9. The largest absolute Gasteiger partial charge is 0.478 e. The van der Waals surface area contributed by atoms with Crippen LogP contribution in [0.4, 0.5) is 5.69 Å². The second-order valence-electron chi connectivity index (χ2n) is 5.01. The maximum atomic E-state index is 11.0. The average Bonchev–Trinajstić information content (AvgIpc) is 2.90. The summed E-state index contributed by atoms with van der Waals surface area (Å²) in [5, 5.41) is 10.1. The molecule has 1 N–H and O–H groups in total. The Kier molecular flexibility index (Phi) is 2.85. The molecule has 1 aliphatic heterocycles. The number of benzene rings is 1. The van der Waals surface area contributed by atoms with Gasteiger partial charge in [0.15, 0.2) is 0 Å². The molecule has 0 amide bonds. The van der Waals surface area contributed by atoms with E-state index in [-0.39, 0.29) is 5.56 Å². The van der Waals surface area contributed by atoms with Gasteiger partial charge < -0.3 is 10.0 Å². The van der Waals surface area contributed by atoms with Gasteiger partial charge in [-0.2, -0.15) is 0 Å². The van der Waals surface area contributed by atoms with E-state index in [1.165, 1.54) is 18.5 Å². The first-order chi connectivity index (χ1) is 9.15. The summed E-state index contributed by atoms with van der Waals surface area (Å²) in [5.74, 6) is -0.909. The number of pyridine rings is 1. The number of rotatable bonds is 2. The minimum Gasteiger partial charge on any atom is -0.478 e. The maximum Gasteiger partial charge on any atom is 0.335 e. The summed E-state index contributed by atoms with van der Waals surface area (Å²) in [6, 6.07) is 7.28. The molecular formula is C15H16N2O2. The summed E-state index contributed by atoms with van der Waals surface area (Å²) in [6.07, 6.45) is 2.44. The third-order valence-corrected chi connectivity index (χ3v) is 3.61. The predicted octanol–water partition coefficient (Wildman–Crippen LogP) is 2.84. The van der Waals surface area contributed by atoms with Crippen LogP contribution in [-0.4, -0.2) is 29.1 Å². The highest BCUT2D eigenvalue weighted by Gasteiger charge is 2.16. The van der Waals surface area contributed by atoms with Gasteiger partial charge in [-0.15, -0.1) is 0 Å². The number of nitrogens with zero attached hydrogens (tertiary/aromatic N) is 2. The van der Waals surface area contributed by atoms with Gasteiger partial charge in [0, 0.05) is 29.9 Å². The first kappa shape index (κ1) is 12.0. The summed E-state index contributed by atoms with van der Waals surface area (Å²) in [4.78, 5) is 17.9. The third-order valence-electron chi connectivity index (χ3n) is 3.61. The van der Waals surface area contributed by atoms with E-state index in [9.17, 15) is 4.79 Å². The normalized spacial score (nSPS) is 15.1. The lowest BCUT2D eigenvalue weighted by molar-refractivity contribution is 0.0697. The number of aryl methyl sites for hydroxylation is 1. The van der Waals surface area contributed by atoms with Crippen molar-refractivity contribution >= 4 is 22.6 Å². The summed E-state index contributed by atoms with van der Waals surface area (Å²) in [7, 11) is 0. The number of carbonyl (C=O) groups is 1. The first-order valence-corrected chi connectivity index (χ1v) is 6.55. The lowest BCUT2D eigenvalue weighted by Crippen LogP contribution is -2.18. The van der Waals surface area contributed by atoms with Crippen LogP contribution in [0.1, 0.15) is 28.9 Å². The van der Waals surface area contributed by atoms with Gasteiger partial charge in [-0.25, -0.2) is 4.79 Å². The molecule has 2 heterocycles. The molecule has 1 fully saturated rings. The first-order valence-electron chi connectivity index (χ1n) is 6.55. The van der Waals surface area contributed by atoms with Gasteiger partial charge in [0.2, 0.25) is 0 Å². The van der Waals surface area contributed by atoms with Crippen molar-refractivity contribution in [3.8, 4) is 0 Å². The molecule has 0 spiro atoms. The molecule has 2 aromatic rings. The molecule has 1 aromatic heterocycles. The number of aromatic nitrogens is 1. The molecule has 4 nitrogen and oxygen atoms in total. The fraction of sp³-hybridized carbons (Fsp3) is 0.333. The quantitative estimate of drug-likeness (QED) is 0.897. The fourth-order valence-electron chi connectivity index (χ4n) is 2.69. The molecule has 0 bridgehead atoms. The van der Waals surface area contributed by atoms with Crippen LogP contribution >= 0.6 is 0 Å². The van der Waals surface area contributed by atoms with Crippen LogP contribution in [0.5, 0.6) is 0 Å². The minimum absolute atomic E-state index is 0.290. The Labute approximate surface area is 111 Å². The van der Waals surface area contributed by atoms with Gasteiger partial charge in [-0.3, -0.25) is 4.98 Å². The van der Waals surface area contributed by atoms with Crippen molar-refractivity contribution in [2.75, 3.05) is 18.0 Å². The van der Waals surface area contributed by atoms with E-state index in [0.29, 0.717) is 0 Å². The van der Waals surface area contributed by atoms with E-state index in [1.54, 1.807) is 12.1 Å². The highest BCUT2D eigenvalue weighted by Crippen LogP contribution is 2.29. The SMILES string of the molecule is Cc1cc(N2CCCC2)c2ccc(C(=O)O)cc2n1. The Hall–Kier alpha value is -2.10. The number of carboxylic acids is 1. The monoisotopic (exact) mass is 256 g/mol. The van der Waals surface area contributed by atoms with E-state index < -0.39 is 5.97 Å². The Bertz CT molecular complexity index is 646. The van der Waals surface area contributed by atoms with Gasteiger partial charge in [-0.05, 0) is 44.0 Å². The van der Waals surface area contributed by atoms with E-state index in [0.717, 1.165) is 29.7 Å². The van der Waals surface area contributed by atoms with Gasteiger partial charge in [0.05, 0.1) is 11.1 Å². The molecule has 1 aromatic carbocycles. The van der Waals surface area contributed by atoms with Crippen molar-refractivity contribution < 1.29 is 9.90 Å². The molecule has 0 unspecified atom stereocenters. The second-order valence-corrected chi connectivity index (χ2v) is 5.01. The predicted molar refractivity (Wildman–Crippen MR) is 74.9 cm³/mol. The van der Waals surface area contributed by atoms with E-state index in [4.69, 9.17) is 5.11 Å². The standard InChI is InChI=1S/C15H16N2O2/c1-10-8-14(17-6-2-3-7-17)12-5-4-11(15(18)19)9-13(12)16-10/h4-5,8-9H,2-3,6-7H2,1H3,(H,18,19). The number of fused-ring (bicyclic) bond motifs is 1. The van der Waals surface area contributed by atoms with Crippen LogP contribution < -0.4 is 4.90 Å². The lowest BCUT2D eigenvalue weighted by atomic mass is 10.1. The molecule has 98 valence electrons. The maximum absolute atomic E-state index is 11.0. The van der Waals surface area contributed by atoms with Crippen molar-refractivity contribution in [3.05, 3.63) is 35.5 Å². The number of aromatic carboxylic acids is 1. The molecule has 0 aliphatic carbocycles. The molecule has 1 aliphatic rings. The van der Waals surface area contributed by atoms with Crippen molar-refractivity contribution in [2.45, 2.75) is 19.8 Å². The molecule has 0 radical (unpaired) electrons. The van der Waals surface area contributed by atoms with Crippen LogP contribution in [0.3, 0.4) is 0 Å². The average molecular weight is 256 g/mol. The molecule has 0 atom stereocenters. The third kappa shape index (κ3) is 2.14. The van der Waals surface area contributed by atoms with Crippen molar-refractivity contribution in [1.82, 2.24) is 4.98 Å². The van der Waals surface area contributed by atoms with Gasteiger partial charge in [0.25, 0.3) is 0 Å². The number of hydrogen-bond donors (Lipinski definition) is 1. The van der Waals surface area contributed by atoms with E-state index in [1.807, 2.05) is 13.0 Å². The molecule has 4 heteroatoms. The smallest absolute Gasteiger partial charge is 0.335 e. The molecule has 3 rings (SSSR count). The zero-order valence-corrected chi connectivity index (χ0v) is 10.9. The van der Waals surface area contributed by atoms with E-state index >= 15 is 0 Å². The zero-order chi connectivity index (χ0) is 13.4. The van der Waals surface area contributed by atoms with Crippen molar-refractivity contribution in [1.29, 1.82) is 0 Å².